The summed E-state index contributed by atoms with van der Waals surface area (Å²) in [6.45, 7) is 5.23. The Balaban J connectivity index is 1.92. The zero-order chi connectivity index (χ0) is 13.7. The van der Waals surface area contributed by atoms with E-state index in [9.17, 15) is 0 Å². The van der Waals surface area contributed by atoms with Gasteiger partial charge in [-0.1, -0.05) is 33.1 Å². The van der Waals surface area contributed by atoms with E-state index in [0.717, 1.165) is 31.0 Å². The van der Waals surface area contributed by atoms with Crippen molar-refractivity contribution >= 4 is 0 Å². The molecule has 1 aromatic rings. The van der Waals surface area contributed by atoms with Gasteiger partial charge in [0.2, 0.25) is 0 Å². The minimum Gasteiger partial charge on any atom is -0.330 e. The summed E-state index contributed by atoms with van der Waals surface area (Å²) in [6, 6.07) is 0. The van der Waals surface area contributed by atoms with Crippen LogP contribution in [0.4, 0.5) is 0 Å². The largest absolute Gasteiger partial charge is 0.330 e. The molecular weight excluding hydrogens is 236 g/mol. The molecule has 0 saturated heterocycles. The highest BCUT2D eigenvalue weighted by molar-refractivity contribution is 5.00. The lowest BCUT2D eigenvalue weighted by atomic mass is 9.89. The van der Waals surface area contributed by atoms with Gasteiger partial charge in [-0.15, -0.1) is 0 Å². The molecule has 1 aliphatic carbocycles. The third kappa shape index (κ3) is 4.30. The number of rotatable bonds is 6. The Labute approximate surface area is 116 Å². The number of aromatic nitrogens is 3. The molecule has 1 atom stereocenters. The molecule has 1 aromatic heterocycles. The van der Waals surface area contributed by atoms with E-state index >= 15 is 0 Å². The zero-order valence-electron chi connectivity index (χ0n) is 12.4. The summed E-state index contributed by atoms with van der Waals surface area (Å²) >= 11 is 0. The Morgan fingerprint density at radius 2 is 2.00 bits per heavy atom. The van der Waals surface area contributed by atoms with Gasteiger partial charge in [0.1, 0.15) is 5.82 Å². The fourth-order valence-corrected chi connectivity index (χ4v) is 3.15. The number of nitrogens with zero attached hydrogens (tertiary/aromatic N) is 2. The second-order valence-corrected chi connectivity index (χ2v) is 6.41. The Hall–Kier alpha value is -0.900. The van der Waals surface area contributed by atoms with Gasteiger partial charge < -0.3 is 5.73 Å². The summed E-state index contributed by atoms with van der Waals surface area (Å²) in [7, 11) is 0. The first-order valence-electron chi connectivity index (χ1n) is 7.80. The minimum absolute atomic E-state index is 0.521. The number of nitrogens with two attached hydrogens (primary N) is 1. The van der Waals surface area contributed by atoms with Gasteiger partial charge in [-0.25, -0.2) is 4.98 Å². The molecule has 0 bridgehead atoms. The number of H-pyrrole nitrogens is 1. The van der Waals surface area contributed by atoms with Crippen molar-refractivity contribution in [3.63, 3.8) is 0 Å². The van der Waals surface area contributed by atoms with E-state index < -0.39 is 0 Å². The number of nitrogens with one attached hydrogen (secondary N) is 1. The van der Waals surface area contributed by atoms with E-state index in [4.69, 9.17) is 10.7 Å². The maximum Gasteiger partial charge on any atom is 0.153 e. The molecular formula is C15H28N4. The van der Waals surface area contributed by atoms with Crippen molar-refractivity contribution in [1.82, 2.24) is 15.2 Å². The summed E-state index contributed by atoms with van der Waals surface area (Å²) in [5.41, 5.74) is 5.86. The van der Waals surface area contributed by atoms with E-state index in [1.54, 1.807) is 0 Å². The van der Waals surface area contributed by atoms with Gasteiger partial charge in [-0.3, -0.25) is 5.10 Å². The number of hydrogen-bond acceptors (Lipinski definition) is 3. The fraction of sp³-hybridized carbons (Fsp3) is 0.867. The van der Waals surface area contributed by atoms with Crippen LogP contribution in [-0.4, -0.2) is 21.7 Å². The van der Waals surface area contributed by atoms with Crippen molar-refractivity contribution in [3.8, 4) is 0 Å². The first-order valence-corrected chi connectivity index (χ1v) is 7.80. The predicted molar refractivity (Wildman–Crippen MR) is 77.9 cm³/mol. The van der Waals surface area contributed by atoms with Crippen molar-refractivity contribution < 1.29 is 0 Å². The lowest BCUT2D eigenvalue weighted by molar-refractivity contribution is 0.408. The summed E-state index contributed by atoms with van der Waals surface area (Å²) < 4.78 is 0. The van der Waals surface area contributed by atoms with Gasteiger partial charge >= 0.3 is 0 Å². The molecule has 108 valence electrons. The van der Waals surface area contributed by atoms with Crippen molar-refractivity contribution in [2.24, 2.45) is 17.6 Å². The third-order valence-corrected chi connectivity index (χ3v) is 4.14. The number of hydrogen-bond donors (Lipinski definition) is 2. The lowest BCUT2D eigenvalue weighted by Crippen LogP contribution is -2.19. The second kappa shape index (κ2) is 7.04. The van der Waals surface area contributed by atoms with Gasteiger partial charge in [0.05, 0.1) is 0 Å². The standard InChI is InChI=1S/C15H28N4/c1-11(2)8-12(10-16)9-14-17-15(19-18-14)13-6-4-3-5-7-13/h11-13H,3-10,16H2,1-2H3,(H,17,18,19)/t12-/m0/s1. The van der Waals surface area contributed by atoms with Crippen LogP contribution in [0, 0.1) is 11.8 Å². The normalized spacial score (nSPS) is 18.9. The molecule has 4 nitrogen and oxygen atoms in total. The van der Waals surface area contributed by atoms with Crippen LogP contribution in [0.5, 0.6) is 0 Å². The molecule has 0 aromatic carbocycles. The highest BCUT2D eigenvalue weighted by Crippen LogP contribution is 2.30. The predicted octanol–water partition coefficient (Wildman–Crippen LogP) is 3.02. The maximum atomic E-state index is 5.86. The maximum absolute atomic E-state index is 5.86. The molecule has 0 aliphatic heterocycles. The van der Waals surface area contributed by atoms with Crippen molar-refractivity contribution in [2.75, 3.05) is 6.54 Å². The van der Waals surface area contributed by atoms with E-state index in [1.807, 2.05) is 0 Å². The molecule has 4 heteroatoms. The molecule has 0 unspecified atom stereocenters. The van der Waals surface area contributed by atoms with Crippen LogP contribution < -0.4 is 5.73 Å². The highest BCUT2D eigenvalue weighted by atomic mass is 15.2. The topological polar surface area (TPSA) is 67.6 Å². The van der Waals surface area contributed by atoms with E-state index in [-0.39, 0.29) is 0 Å². The summed E-state index contributed by atoms with van der Waals surface area (Å²) in [5.74, 6) is 3.85. The monoisotopic (exact) mass is 264 g/mol. The summed E-state index contributed by atoms with van der Waals surface area (Å²) in [6.07, 6.45) is 8.63. The van der Waals surface area contributed by atoms with Gasteiger partial charge in [-0.05, 0) is 37.6 Å². The quantitative estimate of drug-likeness (QED) is 0.830. The second-order valence-electron chi connectivity index (χ2n) is 6.41. The molecule has 2 rings (SSSR count). The molecule has 3 N–H and O–H groups in total. The summed E-state index contributed by atoms with van der Waals surface area (Å²) in [4.78, 5) is 4.71. The van der Waals surface area contributed by atoms with Crippen LogP contribution in [0.2, 0.25) is 0 Å². The molecule has 1 fully saturated rings. The van der Waals surface area contributed by atoms with Gasteiger partial charge in [0.15, 0.2) is 5.82 Å². The van der Waals surface area contributed by atoms with Crippen LogP contribution in [0.15, 0.2) is 0 Å². The van der Waals surface area contributed by atoms with Crippen LogP contribution in [0.3, 0.4) is 0 Å². The molecule has 0 spiro atoms. The average molecular weight is 264 g/mol. The van der Waals surface area contributed by atoms with E-state index in [1.165, 1.54) is 32.1 Å². The fourth-order valence-electron chi connectivity index (χ4n) is 3.15. The third-order valence-electron chi connectivity index (χ3n) is 4.14. The van der Waals surface area contributed by atoms with Gasteiger partial charge in [0.25, 0.3) is 0 Å². The Morgan fingerprint density at radius 3 is 2.63 bits per heavy atom. The SMILES string of the molecule is CC(C)C[C@H](CN)Cc1nc(C2CCCCC2)n[nH]1. The Bertz CT molecular complexity index is 366. The van der Waals surface area contributed by atoms with E-state index in [0.29, 0.717) is 17.8 Å². The van der Waals surface area contributed by atoms with Crippen LogP contribution in [0.25, 0.3) is 0 Å². The zero-order valence-corrected chi connectivity index (χ0v) is 12.4. The molecule has 1 saturated carbocycles. The summed E-state index contributed by atoms with van der Waals surface area (Å²) in [5, 5.41) is 7.55. The van der Waals surface area contributed by atoms with E-state index in [2.05, 4.69) is 24.0 Å². The van der Waals surface area contributed by atoms with Crippen LogP contribution in [-0.2, 0) is 6.42 Å². The molecule has 0 amide bonds. The van der Waals surface area contributed by atoms with Gasteiger partial charge in [-0.2, -0.15) is 5.10 Å². The van der Waals surface area contributed by atoms with Crippen LogP contribution >= 0.6 is 0 Å². The Kier molecular flexibility index (Phi) is 5.37. The highest BCUT2D eigenvalue weighted by Gasteiger charge is 2.20. The van der Waals surface area contributed by atoms with Crippen molar-refractivity contribution in [3.05, 3.63) is 11.6 Å². The molecule has 19 heavy (non-hydrogen) atoms. The lowest BCUT2D eigenvalue weighted by Gasteiger charge is -2.18. The smallest absolute Gasteiger partial charge is 0.153 e. The minimum atomic E-state index is 0.521. The number of aromatic amines is 1. The molecule has 0 radical (unpaired) electrons. The van der Waals surface area contributed by atoms with Gasteiger partial charge in [0, 0.05) is 12.3 Å². The van der Waals surface area contributed by atoms with Crippen molar-refractivity contribution in [2.45, 2.75) is 64.7 Å². The van der Waals surface area contributed by atoms with Crippen LogP contribution in [0.1, 0.15) is 69.9 Å². The molecule has 1 heterocycles. The van der Waals surface area contributed by atoms with Crippen molar-refractivity contribution in [1.29, 1.82) is 0 Å². The average Bonchev–Trinajstić information content (AvgIpc) is 2.87. The molecule has 1 aliphatic rings. The first kappa shape index (κ1) is 14.5. The Morgan fingerprint density at radius 1 is 1.26 bits per heavy atom. The first-order chi connectivity index (χ1) is 9.19.